The predicted octanol–water partition coefficient (Wildman–Crippen LogP) is 6.32. The molecule has 0 amide bonds. The van der Waals surface area contributed by atoms with Gasteiger partial charge in [0.2, 0.25) is 0 Å². The van der Waals surface area contributed by atoms with Crippen LogP contribution >= 0.6 is 23.2 Å². The van der Waals surface area contributed by atoms with Crippen LogP contribution in [0.1, 0.15) is 5.56 Å². The van der Waals surface area contributed by atoms with Gasteiger partial charge in [-0.05, 0) is 24.3 Å². The van der Waals surface area contributed by atoms with Crippen molar-refractivity contribution in [2.24, 2.45) is 0 Å². The van der Waals surface area contributed by atoms with Gasteiger partial charge in [0.1, 0.15) is 27.7 Å². The van der Waals surface area contributed by atoms with Gasteiger partial charge in [-0.1, -0.05) is 41.4 Å². The van der Waals surface area contributed by atoms with Crippen molar-refractivity contribution in [1.29, 1.82) is 0 Å². The summed E-state index contributed by atoms with van der Waals surface area (Å²) < 4.78 is 71.6. The van der Waals surface area contributed by atoms with E-state index in [0.29, 0.717) is 16.9 Å². The number of H-pyrrole nitrogens is 2. The molecule has 0 fully saturated rings. The SMILES string of the molecule is O=S(=O)(Cc1ccc(F)c(-c2ccc3c(-c4ncc[nH]4)[nH]nc3c2F)c1F)c1c(Cl)cccc1Cl. The average molecular weight is 537 g/mol. The van der Waals surface area contributed by atoms with E-state index >= 15 is 8.78 Å². The number of halogens is 5. The minimum absolute atomic E-state index is 0.136. The van der Waals surface area contributed by atoms with Gasteiger partial charge in [0.05, 0.1) is 21.4 Å². The molecular weight excluding hydrogens is 524 g/mol. The van der Waals surface area contributed by atoms with Crippen molar-refractivity contribution >= 4 is 43.9 Å². The Hall–Kier alpha value is -3.34. The van der Waals surface area contributed by atoms with E-state index in [-0.39, 0.29) is 26.0 Å². The van der Waals surface area contributed by atoms with Crippen molar-refractivity contribution in [3.8, 4) is 22.6 Å². The van der Waals surface area contributed by atoms with E-state index in [0.717, 1.165) is 12.1 Å². The van der Waals surface area contributed by atoms with Crippen molar-refractivity contribution in [2.45, 2.75) is 10.6 Å². The lowest BCUT2D eigenvalue weighted by Gasteiger charge is -2.13. The van der Waals surface area contributed by atoms with E-state index < -0.39 is 44.2 Å². The third kappa shape index (κ3) is 3.97. The Morgan fingerprint density at radius 2 is 1.69 bits per heavy atom. The molecule has 35 heavy (non-hydrogen) atoms. The van der Waals surface area contributed by atoms with Crippen LogP contribution in [0.15, 0.2) is 59.8 Å². The summed E-state index contributed by atoms with van der Waals surface area (Å²) in [6.45, 7) is 0. The number of rotatable bonds is 5. The number of fused-ring (bicyclic) bond motifs is 1. The summed E-state index contributed by atoms with van der Waals surface area (Å²) in [6.07, 6.45) is 3.08. The number of hydrogen-bond donors (Lipinski definition) is 2. The highest BCUT2D eigenvalue weighted by molar-refractivity contribution is 7.90. The Morgan fingerprint density at radius 1 is 0.943 bits per heavy atom. The zero-order valence-electron chi connectivity index (χ0n) is 17.4. The molecule has 0 atom stereocenters. The fourth-order valence-corrected chi connectivity index (χ4v) is 6.44. The molecule has 5 rings (SSSR count). The Kier molecular flexibility index (Phi) is 5.82. The molecule has 6 nitrogen and oxygen atoms in total. The van der Waals surface area contributed by atoms with Crippen LogP contribution < -0.4 is 0 Å². The highest BCUT2D eigenvalue weighted by atomic mass is 35.5. The first-order valence-electron chi connectivity index (χ1n) is 9.99. The lowest BCUT2D eigenvalue weighted by molar-refractivity contribution is 0.570. The molecule has 2 aromatic heterocycles. The number of nitrogens with zero attached hydrogens (tertiary/aromatic N) is 2. The summed E-state index contributed by atoms with van der Waals surface area (Å²) >= 11 is 12.0. The highest BCUT2D eigenvalue weighted by Crippen LogP contribution is 2.37. The van der Waals surface area contributed by atoms with Crippen LogP contribution in [0.5, 0.6) is 0 Å². The van der Waals surface area contributed by atoms with E-state index in [1.807, 2.05) is 0 Å². The van der Waals surface area contributed by atoms with Crippen molar-refractivity contribution < 1.29 is 21.6 Å². The zero-order valence-corrected chi connectivity index (χ0v) is 19.7. The fraction of sp³-hybridized carbons (Fsp3) is 0.0435. The molecule has 0 spiro atoms. The second-order valence-corrected chi connectivity index (χ2v) is 10.3. The summed E-state index contributed by atoms with van der Waals surface area (Å²) in [5.41, 5.74) is -1.28. The summed E-state index contributed by atoms with van der Waals surface area (Å²) in [4.78, 5) is 6.58. The molecule has 0 saturated heterocycles. The number of aromatic nitrogens is 4. The topological polar surface area (TPSA) is 91.5 Å². The normalized spacial score (nSPS) is 11.9. The van der Waals surface area contributed by atoms with E-state index in [1.54, 1.807) is 6.20 Å². The van der Waals surface area contributed by atoms with Gasteiger partial charge in [-0.25, -0.2) is 26.6 Å². The quantitative estimate of drug-likeness (QED) is 0.275. The smallest absolute Gasteiger partial charge is 0.185 e. The molecule has 12 heteroatoms. The van der Waals surface area contributed by atoms with Crippen molar-refractivity contribution in [3.63, 3.8) is 0 Å². The summed E-state index contributed by atoms with van der Waals surface area (Å²) in [6, 6.07) is 8.63. The van der Waals surface area contributed by atoms with Crippen LogP contribution in [0.3, 0.4) is 0 Å². The summed E-state index contributed by atoms with van der Waals surface area (Å²) in [5.74, 6) is -3.74. The first-order valence-corrected chi connectivity index (χ1v) is 12.4. The minimum atomic E-state index is -4.22. The Bertz CT molecular complexity index is 1680. The van der Waals surface area contributed by atoms with Crippen LogP contribution in [-0.4, -0.2) is 28.6 Å². The lowest BCUT2D eigenvalue weighted by atomic mass is 9.99. The van der Waals surface area contributed by atoms with E-state index in [9.17, 15) is 12.8 Å². The van der Waals surface area contributed by atoms with Gasteiger partial charge in [0.25, 0.3) is 0 Å². The number of benzene rings is 3. The summed E-state index contributed by atoms with van der Waals surface area (Å²) in [7, 11) is -4.22. The second kappa shape index (κ2) is 8.71. The number of aromatic amines is 2. The monoisotopic (exact) mass is 536 g/mol. The molecular formula is C23H13Cl2F3N4O2S. The van der Waals surface area contributed by atoms with Crippen LogP contribution in [-0.2, 0) is 15.6 Å². The Labute approximate surface area is 206 Å². The Morgan fingerprint density at radius 3 is 2.37 bits per heavy atom. The van der Waals surface area contributed by atoms with Gasteiger partial charge in [-0.2, -0.15) is 5.10 Å². The van der Waals surface area contributed by atoms with Crippen LogP contribution in [0, 0.1) is 17.5 Å². The molecule has 3 aromatic carbocycles. The standard InChI is InChI=1S/C23H13Cl2F3N4O2S/c24-14-2-1-3-15(25)22(14)35(33,34)10-11-4-7-16(26)17(18(11)27)12-5-6-13-20(19(12)28)31-32-21(13)23-29-8-9-30-23/h1-9H,10H2,(H,29,30)(H,31,32). The van der Waals surface area contributed by atoms with Crippen molar-refractivity contribution in [1.82, 2.24) is 20.2 Å². The average Bonchev–Trinajstić information content (AvgIpc) is 3.47. The van der Waals surface area contributed by atoms with Gasteiger partial charge in [0, 0.05) is 28.9 Å². The molecule has 0 unspecified atom stereocenters. The zero-order chi connectivity index (χ0) is 24.9. The molecule has 0 aliphatic carbocycles. The number of sulfone groups is 1. The molecule has 178 valence electrons. The van der Waals surface area contributed by atoms with Gasteiger partial charge < -0.3 is 4.98 Å². The first-order chi connectivity index (χ1) is 16.7. The fourth-order valence-electron chi connectivity index (χ4n) is 3.83. The minimum Gasteiger partial charge on any atom is -0.343 e. The third-order valence-corrected chi connectivity index (χ3v) is 8.02. The number of nitrogens with one attached hydrogen (secondary N) is 2. The second-order valence-electron chi connectivity index (χ2n) is 7.57. The van der Waals surface area contributed by atoms with E-state index in [4.69, 9.17) is 23.2 Å². The van der Waals surface area contributed by atoms with Gasteiger partial charge in [0.15, 0.2) is 21.5 Å². The van der Waals surface area contributed by atoms with Gasteiger partial charge in [-0.15, -0.1) is 0 Å². The highest BCUT2D eigenvalue weighted by Gasteiger charge is 2.27. The van der Waals surface area contributed by atoms with Crippen molar-refractivity contribution in [3.05, 3.63) is 87.9 Å². The third-order valence-electron chi connectivity index (χ3n) is 5.42. The first kappa shape index (κ1) is 23.4. The maximum Gasteiger partial charge on any atom is 0.185 e. The number of hydrogen-bond acceptors (Lipinski definition) is 4. The number of imidazole rings is 1. The molecule has 0 saturated carbocycles. The molecule has 0 aliphatic heterocycles. The van der Waals surface area contributed by atoms with Crippen LogP contribution in [0.25, 0.3) is 33.5 Å². The molecule has 0 radical (unpaired) electrons. The predicted molar refractivity (Wildman–Crippen MR) is 126 cm³/mol. The largest absolute Gasteiger partial charge is 0.343 e. The molecule has 5 aromatic rings. The molecule has 0 aliphatic rings. The van der Waals surface area contributed by atoms with Crippen LogP contribution in [0.2, 0.25) is 10.0 Å². The summed E-state index contributed by atoms with van der Waals surface area (Å²) in [5, 5.41) is 6.66. The maximum absolute atomic E-state index is 15.5. The maximum atomic E-state index is 15.5. The van der Waals surface area contributed by atoms with Crippen LogP contribution in [0.4, 0.5) is 13.2 Å². The lowest BCUT2D eigenvalue weighted by Crippen LogP contribution is -2.09. The van der Waals surface area contributed by atoms with Crippen molar-refractivity contribution in [2.75, 3.05) is 0 Å². The van der Waals surface area contributed by atoms with Gasteiger partial charge in [-0.3, -0.25) is 5.10 Å². The molecule has 0 bridgehead atoms. The molecule has 2 heterocycles. The molecule has 2 N–H and O–H groups in total. The van der Waals surface area contributed by atoms with Gasteiger partial charge >= 0.3 is 0 Å². The Balaban J connectivity index is 1.61. The van der Waals surface area contributed by atoms with E-state index in [2.05, 4.69) is 20.2 Å². The van der Waals surface area contributed by atoms with E-state index in [1.165, 1.54) is 36.5 Å².